The summed E-state index contributed by atoms with van der Waals surface area (Å²) in [6.45, 7) is 3.47. The number of halogens is 3. The van der Waals surface area contributed by atoms with E-state index in [1.165, 1.54) is 12.1 Å². The zero-order valence-corrected chi connectivity index (χ0v) is 26.6. The molecule has 0 unspecified atom stereocenters. The van der Waals surface area contributed by atoms with Gasteiger partial charge in [0.15, 0.2) is 0 Å². The highest BCUT2D eigenvalue weighted by molar-refractivity contribution is 7.89. The minimum atomic E-state index is -3.28. The third kappa shape index (κ3) is 7.36. The first-order valence-electron chi connectivity index (χ1n) is 15.4. The number of sulfonamides is 1. The van der Waals surface area contributed by atoms with Gasteiger partial charge in [-0.3, -0.25) is 14.6 Å². The number of hydrogen-bond acceptors (Lipinski definition) is 7. The van der Waals surface area contributed by atoms with Gasteiger partial charge in [0.05, 0.1) is 54.1 Å². The van der Waals surface area contributed by atoms with E-state index in [0.29, 0.717) is 92.4 Å². The first kappa shape index (κ1) is 31.9. The number of fused-ring (bicyclic) bond motifs is 1. The summed E-state index contributed by atoms with van der Waals surface area (Å²) in [6.07, 6.45) is 8.86. The van der Waals surface area contributed by atoms with E-state index in [2.05, 4.69) is 10.1 Å². The van der Waals surface area contributed by atoms with Gasteiger partial charge in [0.1, 0.15) is 11.6 Å². The van der Waals surface area contributed by atoms with Gasteiger partial charge in [-0.2, -0.15) is 5.10 Å². The predicted octanol–water partition coefficient (Wildman–Crippen LogP) is 5.65. The molecule has 0 saturated carbocycles. The second-order valence-electron chi connectivity index (χ2n) is 11.6. The molecule has 0 bridgehead atoms. The Morgan fingerprint density at radius 3 is 2.44 bits per heavy atom. The zero-order chi connectivity index (χ0) is 31.4. The van der Waals surface area contributed by atoms with Crippen molar-refractivity contribution in [3.8, 4) is 22.4 Å². The Balaban J connectivity index is 1.18. The number of ether oxygens (including phenoxy) is 1. The van der Waals surface area contributed by atoms with Crippen molar-refractivity contribution in [2.45, 2.75) is 44.7 Å². The van der Waals surface area contributed by atoms with E-state index < -0.39 is 21.7 Å². The number of nitrogens with zero attached hydrogens (tertiary/aromatic N) is 6. The maximum atomic E-state index is 15.3. The lowest BCUT2D eigenvalue weighted by molar-refractivity contribution is 0.0332. The molecule has 240 valence electrons. The monoisotopic (exact) mass is 658 g/mol. The molecule has 4 aromatic rings. The van der Waals surface area contributed by atoms with Crippen LogP contribution in [0.15, 0.2) is 48.9 Å². The lowest BCUT2D eigenvalue weighted by Gasteiger charge is -2.31. The van der Waals surface area contributed by atoms with Crippen LogP contribution >= 0.6 is 11.6 Å². The van der Waals surface area contributed by atoms with Crippen molar-refractivity contribution in [2.75, 3.05) is 51.0 Å². The maximum absolute atomic E-state index is 15.3. The minimum Gasteiger partial charge on any atom is -0.379 e. The number of aromatic nitrogens is 4. The lowest BCUT2D eigenvalue weighted by Crippen LogP contribution is -2.40. The average Bonchev–Trinajstić information content (AvgIpc) is 3.55. The van der Waals surface area contributed by atoms with Gasteiger partial charge in [0, 0.05) is 61.5 Å². The molecule has 4 heterocycles. The number of para-hydroxylation sites is 1. The van der Waals surface area contributed by atoms with Crippen molar-refractivity contribution in [1.29, 1.82) is 0 Å². The number of rotatable bonds is 11. The molecule has 0 aliphatic carbocycles. The van der Waals surface area contributed by atoms with Gasteiger partial charge in [-0.05, 0) is 49.4 Å². The second-order valence-corrected chi connectivity index (χ2v) is 14.1. The highest BCUT2D eigenvalue weighted by atomic mass is 35.5. The van der Waals surface area contributed by atoms with E-state index in [1.807, 2.05) is 21.8 Å². The smallest absolute Gasteiger partial charge is 0.214 e. The van der Waals surface area contributed by atoms with Gasteiger partial charge in [-0.1, -0.05) is 18.6 Å². The van der Waals surface area contributed by atoms with Crippen LogP contribution in [0.1, 0.15) is 43.7 Å². The Labute approximate surface area is 267 Å². The molecule has 2 aliphatic heterocycles. The van der Waals surface area contributed by atoms with Gasteiger partial charge in [-0.15, -0.1) is 11.6 Å². The number of hydrogen-bond donors (Lipinski definition) is 0. The largest absolute Gasteiger partial charge is 0.379 e. The molecule has 0 atom stereocenters. The fraction of sp³-hybridized carbons (Fsp3) is 0.469. The molecule has 0 radical (unpaired) electrons. The number of benzene rings is 2. The topological polar surface area (TPSA) is 93.5 Å². The van der Waals surface area contributed by atoms with Gasteiger partial charge < -0.3 is 4.74 Å². The van der Waals surface area contributed by atoms with E-state index >= 15 is 8.78 Å². The average molecular weight is 659 g/mol. The van der Waals surface area contributed by atoms with Gasteiger partial charge in [-0.25, -0.2) is 26.5 Å². The molecule has 45 heavy (non-hydrogen) atoms. The Morgan fingerprint density at radius 1 is 0.956 bits per heavy atom. The predicted molar refractivity (Wildman–Crippen MR) is 170 cm³/mol. The van der Waals surface area contributed by atoms with Crippen molar-refractivity contribution >= 4 is 32.7 Å². The van der Waals surface area contributed by atoms with Gasteiger partial charge in [0.2, 0.25) is 10.0 Å². The van der Waals surface area contributed by atoms with Crippen molar-refractivity contribution in [1.82, 2.24) is 29.0 Å². The normalized spacial score (nSPS) is 17.3. The summed E-state index contributed by atoms with van der Waals surface area (Å²) in [4.78, 5) is 11.4. The first-order valence-corrected chi connectivity index (χ1v) is 17.6. The zero-order valence-electron chi connectivity index (χ0n) is 25.0. The van der Waals surface area contributed by atoms with E-state index in [9.17, 15) is 8.42 Å². The number of unbranched alkanes of at least 4 members (excludes halogenated alkanes) is 2. The quantitative estimate of drug-likeness (QED) is 0.152. The van der Waals surface area contributed by atoms with Crippen molar-refractivity contribution in [2.24, 2.45) is 0 Å². The molecule has 2 aliphatic rings. The van der Waals surface area contributed by atoms with Gasteiger partial charge >= 0.3 is 0 Å². The molecule has 2 aromatic carbocycles. The van der Waals surface area contributed by atoms with Crippen molar-refractivity contribution in [3.05, 3.63) is 66.1 Å². The van der Waals surface area contributed by atoms with Crippen LogP contribution in [0.25, 0.3) is 33.4 Å². The van der Waals surface area contributed by atoms with Crippen LogP contribution in [0.3, 0.4) is 0 Å². The molecule has 2 fully saturated rings. The summed E-state index contributed by atoms with van der Waals surface area (Å²) in [7, 11) is -3.28. The van der Waals surface area contributed by atoms with Crippen LogP contribution in [-0.2, 0) is 21.3 Å². The van der Waals surface area contributed by atoms with Crippen molar-refractivity contribution < 1.29 is 21.9 Å². The summed E-state index contributed by atoms with van der Waals surface area (Å²) in [6, 6.07) is 8.21. The van der Waals surface area contributed by atoms with E-state index in [1.54, 1.807) is 28.8 Å². The number of morpholine rings is 1. The maximum Gasteiger partial charge on any atom is 0.214 e. The standard InChI is InChI=1S/C32H37ClF2N6O3S/c33-9-2-1-3-16-45(42,43)40-10-7-25(8-11-40)41-21-24(19-37-41)31-20-36-30-6-4-5-26(32(30)38-31)23-17-28(34)27(29(35)18-23)22-39-12-14-44-15-13-39/h4-6,17-21,25H,1-3,7-16,22H2. The van der Waals surface area contributed by atoms with Crippen molar-refractivity contribution in [3.63, 3.8) is 0 Å². The second kappa shape index (κ2) is 14.2. The van der Waals surface area contributed by atoms with Crippen LogP contribution in [0.4, 0.5) is 8.78 Å². The summed E-state index contributed by atoms with van der Waals surface area (Å²) in [5.74, 6) is -0.485. The SMILES string of the molecule is O=S(=O)(CCCCCCl)N1CCC(n2cc(-c3cnc4cccc(-c5cc(F)c(CN6CCOCC6)c(F)c5)c4n3)cn2)CC1. The van der Waals surface area contributed by atoms with Crippen LogP contribution < -0.4 is 0 Å². The first-order chi connectivity index (χ1) is 21.8. The third-order valence-electron chi connectivity index (χ3n) is 8.63. The van der Waals surface area contributed by atoms with E-state index in [4.69, 9.17) is 21.3 Å². The van der Waals surface area contributed by atoms with Gasteiger partial charge in [0.25, 0.3) is 0 Å². The highest BCUT2D eigenvalue weighted by Crippen LogP contribution is 2.32. The Kier molecular flexibility index (Phi) is 10.1. The summed E-state index contributed by atoms with van der Waals surface area (Å²) in [5.41, 5.74) is 3.51. The fourth-order valence-electron chi connectivity index (χ4n) is 6.04. The molecular weight excluding hydrogens is 622 g/mol. The number of alkyl halides is 1. The molecular formula is C32H37ClF2N6O3S. The summed E-state index contributed by atoms with van der Waals surface area (Å²) >= 11 is 5.71. The third-order valence-corrected chi connectivity index (χ3v) is 10.9. The molecule has 9 nitrogen and oxygen atoms in total. The Hall–Kier alpha value is -3.03. The summed E-state index contributed by atoms with van der Waals surface area (Å²) < 4.78 is 64.9. The molecule has 2 saturated heterocycles. The lowest BCUT2D eigenvalue weighted by atomic mass is 10.0. The summed E-state index contributed by atoms with van der Waals surface area (Å²) in [5, 5.41) is 4.57. The molecule has 0 N–H and O–H groups in total. The van der Waals surface area contributed by atoms with Crippen LogP contribution in [0.2, 0.25) is 0 Å². The number of piperidine rings is 1. The van der Waals surface area contributed by atoms with Crippen LogP contribution in [-0.4, -0.2) is 88.4 Å². The Morgan fingerprint density at radius 2 is 1.71 bits per heavy atom. The van der Waals surface area contributed by atoms with E-state index in [0.717, 1.165) is 18.4 Å². The Bertz CT molecular complexity index is 1720. The van der Waals surface area contributed by atoms with E-state index in [-0.39, 0.29) is 23.9 Å². The van der Waals surface area contributed by atoms with Crippen LogP contribution in [0, 0.1) is 11.6 Å². The molecule has 6 rings (SSSR count). The molecule has 0 spiro atoms. The fourth-order valence-corrected chi connectivity index (χ4v) is 7.82. The molecule has 2 aromatic heterocycles. The minimum absolute atomic E-state index is 0.0470. The molecule has 13 heteroatoms. The highest BCUT2D eigenvalue weighted by Gasteiger charge is 2.29. The molecule has 0 amide bonds. The van der Waals surface area contributed by atoms with Crippen LogP contribution in [0.5, 0.6) is 0 Å².